The zero-order chi connectivity index (χ0) is 13.8. The second-order valence-electron chi connectivity index (χ2n) is 4.76. The quantitative estimate of drug-likeness (QED) is 0.844. The first-order valence-corrected chi connectivity index (χ1v) is 7.42. The SMILES string of the molecule is CC1CN(CC(=O)Nc2ccc(Br)cc2Cl)CCN1.Cl. The van der Waals surface area contributed by atoms with E-state index in [0.29, 0.717) is 23.3 Å². The molecule has 1 aliphatic rings. The number of nitrogens with one attached hydrogen (secondary N) is 2. The smallest absolute Gasteiger partial charge is 0.238 e. The summed E-state index contributed by atoms with van der Waals surface area (Å²) in [7, 11) is 0. The fourth-order valence-corrected chi connectivity index (χ4v) is 2.86. The highest BCUT2D eigenvalue weighted by molar-refractivity contribution is 9.10. The van der Waals surface area contributed by atoms with E-state index in [2.05, 4.69) is 38.4 Å². The molecule has 20 heavy (non-hydrogen) atoms. The van der Waals surface area contributed by atoms with Gasteiger partial charge in [0.2, 0.25) is 5.91 Å². The molecule has 0 radical (unpaired) electrons. The number of piperazine rings is 1. The number of amides is 1. The van der Waals surface area contributed by atoms with E-state index in [-0.39, 0.29) is 18.3 Å². The number of halogens is 3. The van der Waals surface area contributed by atoms with E-state index in [1.165, 1.54) is 0 Å². The Hall–Kier alpha value is -0.330. The lowest BCUT2D eigenvalue weighted by Crippen LogP contribution is -2.51. The third kappa shape index (κ3) is 5.22. The van der Waals surface area contributed by atoms with Gasteiger partial charge in [0.25, 0.3) is 0 Å². The monoisotopic (exact) mass is 381 g/mol. The highest BCUT2D eigenvalue weighted by Crippen LogP contribution is 2.25. The molecule has 1 aromatic rings. The minimum atomic E-state index is -0.0293. The van der Waals surface area contributed by atoms with Gasteiger partial charge in [-0.15, -0.1) is 12.4 Å². The Balaban J connectivity index is 0.00000200. The van der Waals surface area contributed by atoms with Gasteiger partial charge in [-0.2, -0.15) is 0 Å². The Kier molecular flexibility index (Phi) is 7.26. The first kappa shape index (κ1) is 17.7. The maximum absolute atomic E-state index is 12.0. The average Bonchev–Trinajstić information content (AvgIpc) is 2.33. The number of carbonyl (C=O) groups is 1. The highest BCUT2D eigenvalue weighted by atomic mass is 79.9. The van der Waals surface area contributed by atoms with Gasteiger partial charge in [-0.05, 0) is 25.1 Å². The van der Waals surface area contributed by atoms with Crippen molar-refractivity contribution in [2.24, 2.45) is 0 Å². The van der Waals surface area contributed by atoms with Gasteiger partial charge in [0.05, 0.1) is 17.3 Å². The molecule has 0 aliphatic carbocycles. The number of hydrogen-bond donors (Lipinski definition) is 2. The molecule has 0 bridgehead atoms. The predicted molar refractivity (Wildman–Crippen MR) is 88.9 cm³/mol. The minimum absolute atomic E-state index is 0. The van der Waals surface area contributed by atoms with Crippen LogP contribution in [0, 0.1) is 0 Å². The maximum Gasteiger partial charge on any atom is 0.238 e. The van der Waals surface area contributed by atoms with Crippen molar-refractivity contribution >= 4 is 51.5 Å². The summed E-state index contributed by atoms with van der Waals surface area (Å²) >= 11 is 9.41. The predicted octanol–water partition coefficient (Wildman–Crippen LogP) is 2.76. The van der Waals surface area contributed by atoms with Gasteiger partial charge in [0.15, 0.2) is 0 Å². The summed E-state index contributed by atoms with van der Waals surface area (Å²) in [5.41, 5.74) is 0.651. The molecule has 4 nitrogen and oxygen atoms in total. The Labute approximate surface area is 138 Å². The van der Waals surface area contributed by atoms with Crippen molar-refractivity contribution in [1.82, 2.24) is 10.2 Å². The van der Waals surface area contributed by atoms with Crippen molar-refractivity contribution in [2.75, 3.05) is 31.5 Å². The van der Waals surface area contributed by atoms with Gasteiger partial charge < -0.3 is 10.6 Å². The zero-order valence-corrected chi connectivity index (χ0v) is 14.3. The van der Waals surface area contributed by atoms with Crippen LogP contribution in [0.4, 0.5) is 5.69 Å². The molecule has 1 aliphatic heterocycles. The summed E-state index contributed by atoms with van der Waals surface area (Å²) in [6, 6.07) is 5.85. The molecular weight excluding hydrogens is 365 g/mol. The lowest BCUT2D eigenvalue weighted by molar-refractivity contribution is -0.117. The lowest BCUT2D eigenvalue weighted by Gasteiger charge is -2.31. The zero-order valence-electron chi connectivity index (χ0n) is 11.2. The van der Waals surface area contributed by atoms with Crippen molar-refractivity contribution in [3.05, 3.63) is 27.7 Å². The van der Waals surface area contributed by atoms with E-state index in [1.807, 2.05) is 6.07 Å². The van der Waals surface area contributed by atoms with Crippen molar-refractivity contribution in [3.8, 4) is 0 Å². The molecule has 0 spiro atoms. The highest BCUT2D eigenvalue weighted by Gasteiger charge is 2.18. The molecule has 0 saturated carbocycles. The third-order valence-corrected chi connectivity index (χ3v) is 3.83. The van der Waals surface area contributed by atoms with Gasteiger partial charge in [-0.25, -0.2) is 0 Å². The summed E-state index contributed by atoms with van der Waals surface area (Å²) < 4.78 is 0.895. The van der Waals surface area contributed by atoms with Crippen LogP contribution in [0.1, 0.15) is 6.92 Å². The van der Waals surface area contributed by atoms with Gasteiger partial charge >= 0.3 is 0 Å². The van der Waals surface area contributed by atoms with Crippen LogP contribution in [-0.2, 0) is 4.79 Å². The minimum Gasteiger partial charge on any atom is -0.324 e. The molecule has 1 atom stereocenters. The number of hydrogen-bond acceptors (Lipinski definition) is 3. The van der Waals surface area contributed by atoms with Crippen molar-refractivity contribution < 1.29 is 4.79 Å². The van der Waals surface area contributed by atoms with Crippen LogP contribution >= 0.6 is 39.9 Å². The lowest BCUT2D eigenvalue weighted by atomic mass is 10.2. The molecule has 1 amide bonds. The van der Waals surface area contributed by atoms with Crippen molar-refractivity contribution in [1.29, 1.82) is 0 Å². The number of nitrogens with zero attached hydrogens (tertiary/aromatic N) is 1. The van der Waals surface area contributed by atoms with Gasteiger partial charge in [0.1, 0.15) is 0 Å². The van der Waals surface area contributed by atoms with E-state index in [4.69, 9.17) is 11.6 Å². The van der Waals surface area contributed by atoms with Gasteiger partial charge in [-0.3, -0.25) is 9.69 Å². The fraction of sp³-hybridized carbons (Fsp3) is 0.462. The summed E-state index contributed by atoms with van der Waals surface area (Å²) in [5, 5.41) is 6.73. The van der Waals surface area contributed by atoms with Crippen LogP contribution in [0.2, 0.25) is 5.02 Å². The fourth-order valence-electron chi connectivity index (χ4n) is 2.14. The Morgan fingerprint density at radius 1 is 1.60 bits per heavy atom. The van der Waals surface area contributed by atoms with Crippen LogP contribution in [-0.4, -0.2) is 43.0 Å². The van der Waals surface area contributed by atoms with E-state index in [9.17, 15) is 4.79 Å². The second-order valence-corrected chi connectivity index (χ2v) is 6.09. The maximum atomic E-state index is 12.0. The molecule has 1 unspecified atom stereocenters. The molecule has 112 valence electrons. The molecule has 2 rings (SSSR count). The van der Waals surface area contributed by atoms with Crippen LogP contribution < -0.4 is 10.6 Å². The first-order chi connectivity index (χ1) is 9.04. The Bertz CT molecular complexity index is 473. The molecule has 1 saturated heterocycles. The number of rotatable bonds is 3. The standard InChI is InChI=1S/C13H17BrClN3O.ClH/c1-9-7-18(5-4-16-9)8-13(19)17-12-3-2-10(14)6-11(12)15;/h2-3,6,9,16H,4-5,7-8H2,1H3,(H,17,19);1H. The molecule has 2 N–H and O–H groups in total. The number of anilines is 1. The molecule has 1 aromatic carbocycles. The first-order valence-electron chi connectivity index (χ1n) is 6.25. The Morgan fingerprint density at radius 3 is 3.00 bits per heavy atom. The van der Waals surface area contributed by atoms with Crippen LogP contribution in [0.25, 0.3) is 0 Å². The largest absolute Gasteiger partial charge is 0.324 e. The third-order valence-electron chi connectivity index (χ3n) is 3.03. The molecule has 1 fully saturated rings. The normalized spacial score (nSPS) is 19.2. The topological polar surface area (TPSA) is 44.4 Å². The molecule has 1 heterocycles. The van der Waals surface area contributed by atoms with Gasteiger partial charge in [0, 0.05) is 30.1 Å². The Morgan fingerprint density at radius 2 is 2.35 bits per heavy atom. The van der Waals surface area contributed by atoms with Crippen LogP contribution in [0.15, 0.2) is 22.7 Å². The average molecular weight is 383 g/mol. The summed E-state index contributed by atoms with van der Waals surface area (Å²) in [4.78, 5) is 14.1. The van der Waals surface area contributed by atoms with Crippen LogP contribution in [0.3, 0.4) is 0 Å². The summed E-state index contributed by atoms with van der Waals surface area (Å²) in [6.45, 7) is 5.23. The number of carbonyl (C=O) groups excluding carboxylic acids is 1. The molecule has 0 aromatic heterocycles. The van der Waals surface area contributed by atoms with E-state index < -0.39 is 0 Å². The van der Waals surface area contributed by atoms with E-state index in [1.54, 1.807) is 12.1 Å². The van der Waals surface area contributed by atoms with E-state index >= 15 is 0 Å². The van der Waals surface area contributed by atoms with Crippen LogP contribution in [0.5, 0.6) is 0 Å². The van der Waals surface area contributed by atoms with Crippen molar-refractivity contribution in [3.63, 3.8) is 0 Å². The van der Waals surface area contributed by atoms with Crippen molar-refractivity contribution in [2.45, 2.75) is 13.0 Å². The summed E-state index contributed by atoms with van der Waals surface area (Å²) in [6.07, 6.45) is 0. The number of benzene rings is 1. The summed E-state index contributed by atoms with van der Waals surface area (Å²) in [5.74, 6) is -0.0293. The molecule has 7 heteroatoms. The second kappa shape index (κ2) is 8.20. The van der Waals surface area contributed by atoms with E-state index in [0.717, 1.165) is 24.1 Å². The molecular formula is C13H18BrCl2N3O. The van der Waals surface area contributed by atoms with Gasteiger partial charge in [-0.1, -0.05) is 27.5 Å².